The van der Waals surface area contributed by atoms with E-state index >= 15 is 0 Å². The number of tetrazole rings is 1. The molecule has 8 nitrogen and oxygen atoms in total. The maximum Gasteiger partial charge on any atom is 0.205 e. The average Bonchev–Trinajstić information content (AvgIpc) is 3.76. The van der Waals surface area contributed by atoms with Gasteiger partial charge in [0.05, 0.1) is 16.7 Å². The van der Waals surface area contributed by atoms with Crippen LogP contribution in [0.15, 0.2) is 91.3 Å². The van der Waals surface area contributed by atoms with Crippen LogP contribution in [-0.2, 0) is 13.0 Å². The molecule has 41 heavy (non-hydrogen) atoms. The Morgan fingerprint density at radius 2 is 1.68 bits per heavy atom. The molecule has 4 heterocycles. The Morgan fingerprint density at radius 3 is 2.46 bits per heavy atom. The van der Waals surface area contributed by atoms with Crippen molar-refractivity contribution in [3.8, 4) is 33.8 Å². The number of aryl methyl sites for hydroxylation is 2. The maximum absolute atomic E-state index is 5.14. The molecule has 7 rings (SSSR count). The van der Waals surface area contributed by atoms with Crippen LogP contribution in [0.3, 0.4) is 0 Å². The van der Waals surface area contributed by atoms with Gasteiger partial charge in [-0.25, -0.2) is 9.97 Å². The lowest BCUT2D eigenvalue weighted by atomic mass is 9.98. The minimum atomic E-state index is 0.590. The summed E-state index contributed by atoms with van der Waals surface area (Å²) in [6.07, 6.45) is 7.31. The monoisotopic (exact) mass is 538 g/mol. The zero-order valence-electron chi connectivity index (χ0n) is 23.1. The number of aromatic amines is 1. The Bertz CT molecular complexity index is 1930. The Balaban J connectivity index is 1.27. The highest BCUT2D eigenvalue weighted by molar-refractivity contribution is 5.85. The van der Waals surface area contributed by atoms with E-state index in [-0.39, 0.29) is 0 Å². The van der Waals surface area contributed by atoms with E-state index in [0.717, 1.165) is 76.3 Å². The molecule has 0 aliphatic rings. The Hall–Kier alpha value is -5.11. The molecule has 7 aromatic rings. The lowest BCUT2D eigenvalue weighted by Gasteiger charge is -2.12. The lowest BCUT2D eigenvalue weighted by Crippen LogP contribution is -2.05. The van der Waals surface area contributed by atoms with E-state index < -0.39 is 0 Å². The minimum absolute atomic E-state index is 0.590. The third-order valence-electron chi connectivity index (χ3n) is 7.66. The number of nitrogens with zero attached hydrogens (tertiary/aromatic N) is 7. The molecule has 8 heteroatoms. The van der Waals surface area contributed by atoms with Gasteiger partial charge >= 0.3 is 0 Å². The third kappa shape index (κ3) is 4.67. The van der Waals surface area contributed by atoms with Gasteiger partial charge in [-0.05, 0) is 65.1 Å². The smallest absolute Gasteiger partial charge is 0.205 e. The first-order valence-electron chi connectivity index (χ1n) is 14.0. The second-order valence-corrected chi connectivity index (χ2v) is 10.4. The zero-order chi connectivity index (χ0) is 27.8. The average molecular weight is 539 g/mol. The normalized spacial score (nSPS) is 11.6. The van der Waals surface area contributed by atoms with Gasteiger partial charge in [0.15, 0.2) is 0 Å². The number of hydrogen-bond donors (Lipinski definition) is 1. The van der Waals surface area contributed by atoms with Crippen LogP contribution in [-0.4, -0.2) is 39.6 Å². The number of unbranched alkanes of at least 4 members (excludes halogenated alkanes) is 1. The number of hydrogen-bond acceptors (Lipinski definition) is 5. The summed E-state index contributed by atoms with van der Waals surface area (Å²) in [6.45, 7) is 5.12. The highest BCUT2D eigenvalue weighted by Crippen LogP contribution is 2.32. The fourth-order valence-corrected chi connectivity index (χ4v) is 5.54. The molecule has 0 unspecified atom stereocenters. The standard InChI is InChI=1S/C33H30N8/c1-3-4-11-31-35-32-22(2)18-25(28-21-40-17-8-7-12-30(40)34-28)19-29(32)41(31)20-23-13-15-24(16-14-23)26-9-5-6-10-27(26)33-36-38-39-37-33/h5-10,12-19,21H,3-4,11,20H2,1-2H3,(H,36,37,38,39). The van der Waals surface area contributed by atoms with Crippen LogP contribution in [0, 0.1) is 6.92 Å². The largest absolute Gasteiger partial charge is 0.323 e. The van der Waals surface area contributed by atoms with E-state index in [1.165, 1.54) is 11.1 Å². The van der Waals surface area contributed by atoms with Crippen molar-refractivity contribution in [1.29, 1.82) is 0 Å². The predicted octanol–water partition coefficient (Wildman–Crippen LogP) is 6.90. The molecule has 0 saturated carbocycles. The van der Waals surface area contributed by atoms with Crippen molar-refractivity contribution in [2.75, 3.05) is 0 Å². The molecule has 202 valence electrons. The highest BCUT2D eigenvalue weighted by atomic mass is 15.5. The summed E-state index contributed by atoms with van der Waals surface area (Å²) < 4.78 is 4.46. The molecule has 0 bridgehead atoms. The first-order chi connectivity index (χ1) is 20.2. The van der Waals surface area contributed by atoms with Crippen molar-refractivity contribution in [1.82, 2.24) is 39.6 Å². The van der Waals surface area contributed by atoms with Crippen LogP contribution in [0.1, 0.15) is 36.7 Å². The van der Waals surface area contributed by atoms with Crippen molar-refractivity contribution in [3.05, 3.63) is 108 Å². The van der Waals surface area contributed by atoms with E-state index in [9.17, 15) is 0 Å². The quantitative estimate of drug-likeness (QED) is 0.227. The van der Waals surface area contributed by atoms with Crippen LogP contribution >= 0.6 is 0 Å². The van der Waals surface area contributed by atoms with Gasteiger partial charge in [-0.1, -0.05) is 67.9 Å². The van der Waals surface area contributed by atoms with Gasteiger partial charge in [0.1, 0.15) is 11.5 Å². The van der Waals surface area contributed by atoms with Gasteiger partial charge in [-0.15, -0.1) is 10.2 Å². The van der Waals surface area contributed by atoms with Gasteiger partial charge in [-0.3, -0.25) is 0 Å². The van der Waals surface area contributed by atoms with Crippen LogP contribution < -0.4 is 0 Å². The molecule has 0 fully saturated rings. The number of imidazole rings is 2. The number of H-pyrrole nitrogens is 1. The molecular formula is C33H30N8. The van der Waals surface area contributed by atoms with Crippen molar-refractivity contribution >= 4 is 16.7 Å². The van der Waals surface area contributed by atoms with Gasteiger partial charge in [0.25, 0.3) is 0 Å². The number of nitrogens with one attached hydrogen (secondary N) is 1. The summed E-state index contributed by atoms with van der Waals surface area (Å²) in [5.74, 6) is 1.72. The first kappa shape index (κ1) is 24.9. The number of benzene rings is 3. The minimum Gasteiger partial charge on any atom is -0.323 e. The Morgan fingerprint density at radius 1 is 0.854 bits per heavy atom. The summed E-state index contributed by atoms with van der Waals surface area (Å²) in [6, 6.07) is 27.4. The van der Waals surface area contributed by atoms with Crippen LogP contribution in [0.4, 0.5) is 0 Å². The summed E-state index contributed by atoms with van der Waals surface area (Å²) in [5.41, 5.74) is 10.8. The second-order valence-electron chi connectivity index (χ2n) is 10.4. The zero-order valence-corrected chi connectivity index (χ0v) is 23.1. The fraction of sp³-hybridized carbons (Fsp3) is 0.182. The third-order valence-corrected chi connectivity index (χ3v) is 7.66. The molecule has 0 radical (unpaired) electrons. The van der Waals surface area contributed by atoms with Crippen molar-refractivity contribution < 1.29 is 0 Å². The summed E-state index contributed by atoms with van der Waals surface area (Å²) in [7, 11) is 0. The number of rotatable bonds is 8. The van der Waals surface area contributed by atoms with E-state index in [1.807, 2.05) is 42.6 Å². The maximum atomic E-state index is 5.14. The fourth-order valence-electron chi connectivity index (χ4n) is 5.54. The molecule has 0 saturated heterocycles. The SMILES string of the molecule is CCCCc1nc2c(C)cc(-c3cn4ccccc4n3)cc2n1Cc1ccc(-c2ccccc2-c2nn[nH]n2)cc1. The summed E-state index contributed by atoms with van der Waals surface area (Å²) in [4.78, 5) is 10.0. The van der Waals surface area contributed by atoms with Crippen molar-refractivity contribution in [2.24, 2.45) is 0 Å². The van der Waals surface area contributed by atoms with E-state index in [1.54, 1.807) is 0 Å². The Labute approximate surface area is 237 Å². The predicted molar refractivity (Wildman–Crippen MR) is 161 cm³/mol. The molecule has 0 amide bonds. The van der Waals surface area contributed by atoms with Crippen LogP contribution in [0.25, 0.3) is 50.5 Å². The first-order valence-corrected chi connectivity index (χ1v) is 14.0. The van der Waals surface area contributed by atoms with Crippen LogP contribution in [0.5, 0.6) is 0 Å². The lowest BCUT2D eigenvalue weighted by molar-refractivity contribution is 0.690. The highest BCUT2D eigenvalue weighted by Gasteiger charge is 2.16. The molecule has 0 spiro atoms. The number of fused-ring (bicyclic) bond motifs is 2. The topological polar surface area (TPSA) is 89.6 Å². The summed E-state index contributed by atoms with van der Waals surface area (Å²) in [5, 5.41) is 14.7. The number of pyridine rings is 1. The van der Waals surface area contributed by atoms with Crippen LogP contribution in [0.2, 0.25) is 0 Å². The van der Waals surface area contributed by atoms with Gasteiger partial charge in [0.2, 0.25) is 5.82 Å². The molecule has 0 aliphatic carbocycles. The molecule has 1 N–H and O–H groups in total. The van der Waals surface area contributed by atoms with E-state index in [4.69, 9.17) is 9.97 Å². The van der Waals surface area contributed by atoms with Gasteiger partial charge in [0, 0.05) is 36.5 Å². The van der Waals surface area contributed by atoms with Crippen molar-refractivity contribution in [2.45, 2.75) is 39.7 Å². The van der Waals surface area contributed by atoms with Gasteiger partial charge in [-0.2, -0.15) is 5.21 Å². The summed E-state index contributed by atoms with van der Waals surface area (Å²) >= 11 is 0. The van der Waals surface area contributed by atoms with E-state index in [2.05, 4.69) is 92.1 Å². The van der Waals surface area contributed by atoms with Crippen molar-refractivity contribution in [3.63, 3.8) is 0 Å². The molecule has 4 aromatic heterocycles. The van der Waals surface area contributed by atoms with E-state index in [0.29, 0.717) is 5.82 Å². The Kier molecular flexibility index (Phi) is 6.35. The molecule has 0 aliphatic heterocycles. The number of aromatic nitrogens is 8. The molecule has 3 aromatic carbocycles. The molecule has 0 atom stereocenters. The second kappa shape index (κ2) is 10.5. The molecular weight excluding hydrogens is 508 g/mol. The van der Waals surface area contributed by atoms with Gasteiger partial charge < -0.3 is 8.97 Å².